The highest BCUT2D eigenvalue weighted by atomic mass is 35.5. The Hall–Kier alpha value is -1.06. The molecule has 0 aliphatic carbocycles. The van der Waals surface area contributed by atoms with Gasteiger partial charge in [-0.3, -0.25) is 4.79 Å². The summed E-state index contributed by atoms with van der Waals surface area (Å²) in [6.45, 7) is 0.803. The van der Waals surface area contributed by atoms with Gasteiger partial charge in [0.1, 0.15) is 0 Å². The van der Waals surface area contributed by atoms with Gasteiger partial charge in [0, 0.05) is 24.5 Å². The van der Waals surface area contributed by atoms with Crippen molar-refractivity contribution in [3.63, 3.8) is 0 Å². The highest BCUT2D eigenvalue weighted by molar-refractivity contribution is 6.19. The van der Waals surface area contributed by atoms with Crippen LogP contribution in [-0.4, -0.2) is 30.8 Å². The number of amides is 1. The Morgan fingerprint density at radius 1 is 1.38 bits per heavy atom. The second kappa shape index (κ2) is 6.51. The number of carbonyl (C=O) groups is 1. The Morgan fingerprint density at radius 3 is 2.69 bits per heavy atom. The van der Waals surface area contributed by atoms with Crippen LogP contribution in [0.4, 0.5) is 5.69 Å². The summed E-state index contributed by atoms with van der Waals surface area (Å²) in [6, 6.07) is 7.80. The smallest absolute Gasteiger partial charge is 0.225 e. The normalized spacial score (nSPS) is 10.5. The molecule has 1 rings (SSSR count). The van der Waals surface area contributed by atoms with Crippen molar-refractivity contribution in [2.75, 3.05) is 25.3 Å². The fourth-order valence-corrected chi connectivity index (χ4v) is 1.59. The minimum Gasteiger partial charge on any atom is -0.326 e. The van der Waals surface area contributed by atoms with Crippen molar-refractivity contribution in [1.29, 1.82) is 0 Å². The predicted octanol–water partition coefficient (Wildman–Crippen LogP) is 2.32. The van der Waals surface area contributed by atoms with E-state index in [1.807, 2.05) is 38.4 Å². The van der Waals surface area contributed by atoms with Gasteiger partial charge in [-0.1, -0.05) is 18.2 Å². The Labute approximate surface area is 101 Å². The fraction of sp³-hybridized carbons (Fsp3) is 0.417. The molecule has 3 nitrogen and oxygen atoms in total. The highest BCUT2D eigenvalue weighted by Gasteiger charge is 2.06. The lowest BCUT2D eigenvalue weighted by molar-refractivity contribution is -0.115. The fourth-order valence-electron chi connectivity index (χ4n) is 1.42. The monoisotopic (exact) mass is 240 g/mol. The number of alkyl halides is 1. The van der Waals surface area contributed by atoms with Gasteiger partial charge in [-0.25, -0.2) is 0 Å². The average Bonchev–Trinajstić information content (AvgIpc) is 2.20. The number of nitrogens with zero attached hydrogens (tertiary/aromatic N) is 1. The molecular formula is C12H17ClN2O. The van der Waals surface area contributed by atoms with Crippen LogP contribution in [-0.2, 0) is 11.3 Å². The standard InChI is InChI=1S/C12H17ClN2O/c1-15(2)9-10-5-3-4-6-11(10)14-12(16)7-8-13/h3-6H,7-9H2,1-2H3,(H,14,16). The largest absolute Gasteiger partial charge is 0.326 e. The molecule has 1 aromatic rings. The quantitative estimate of drug-likeness (QED) is 0.802. The summed E-state index contributed by atoms with van der Waals surface area (Å²) >= 11 is 5.52. The van der Waals surface area contributed by atoms with Gasteiger partial charge in [-0.15, -0.1) is 11.6 Å². The summed E-state index contributed by atoms with van der Waals surface area (Å²) < 4.78 is 0. The van der Waals surface area contributed by atoms with Crippen LogP contribution < -0.4 is 5.32 Å². The number of nitrogens with one attached hydrogen (secondary N) is 1. The lowest BCUT2D eigenvalue weighted by atomic mass is 10.1. The second-order valence-corrected chi connectivity index (χ2v) is 4.26. The van der Waals surface area contributed by atoms with Gasteiger partial charge >= 0.3 is 0 Å². The molecule has 0 saturated heterocycles. The van der Waals surface area contributed by atoms with Crippen LogP contribution in [0.3, 0.4) is 0 Å². The van der Waals surface area contributed by atoms with E-state index in [2.05, 4.69) is 10.2 Å². The molecule has 1 amide bonds. The molecular weight excluding hydrogens is 224 g/mol. The van der Waals surface area contributed by atoms with Gasteiger partial charge in [0.25, 0.3) is 0 Å². The maximum atomic E-state index is 11.4. The summed E-state index contributed by atoms with van der Waals surface area (Å²) in [5.41, 5.74) is 1.97. The van der Waals surface area contributed by atoms with Crippen LogP contribution in [0.15, 0.2) is 24.3 Å². The summed E-state index contributed by atoms with van der Waals surface area (Å²) in [6.07, 6.45) is 0.345. The van der Waals surface area contributed by atoms with Crippen molar-refractivity contribution in [1.82, 2.24) is 4.90 Å². The number of hydrogen-bond donors (Lipinski definition) is 1. The molecule has 0 spiro atoms. The summed E-state index contributed by atoms with van der Waals surface area (Å²) in [5.74, 6) is 0.308. The molecule has 0 unspecified atom stereocenters. The van der Waals surface area contributed by atoms with Gasteiger partial charge in [-0.05, 0) is 25.7 Å². The van der Waals surface area contributed by atoms with E-state index < -0.39 is 0 Å². The van der Waals surface area contributed by atoms with E-state index >= 15 is 0 Å². The molecule has 0 aliphatic rings. The van der Waals surface area contributed by atoms with Crippen molar-refractivity contribution in [2.24, 2.45) is 0 Å². The molecule has 0 fully saturated rings. The van der Waals surface area contributed by atoms with E-state index in [1.54, 1.807) is 0 Å². The van der Waals surface area contributed by atoms with E-state index in [4.69, 9.17) is 11.6 Å². The third-order valence-corrected chi connectivity index (χ3v) is 2.29. The van der Waals surface area contributed by atoms with Crippen molar-refractivity contribution >= 4 is 23.2 Å². The Morgan fingerprint density at radius 2 is 2.06 bits per heavy atom. The molecule has 0 saturated carbocycles. The average molecular weight is 241 g/mol. The van der Waals surface area contributed by atoms with Crippen molar-refractivity contribution in [3.05, 3.63) is 29.8 Å². The highest BCUT2D eigenvalue weighted by Crippen LogP contribution is 2.16. The number of carbonyl (C=O) groups excluding carboxylic acids is 1. The van der Waals surface area contributed by atoms with Gasteiger partial charge in [-0.2, -0.15) is 0 Å². The van der Waals surface area contributed by atoms with Crippen LogP contribution in [0.1, 0.15) is 12.0 Å². The van der Waals surface area contributed by atoms with Gasteiger partial charge in [0.05, 0.1) is 0 Å². The van der Waals surface area contributed by atoms with Gasteiger partial charge in [0.2, 0.25) is 5.91 Å². The minimum atomic E-state index is -0.0405. The number of halogens is 1. The molecule has 88 valence electrons. The SMILES string of the molecule is CN(C)Cc1ccccc1NC(=O)CCCl. The topological polar surface area (TPSA) is 32.3 Å². The van der Waals surface area contributed by atoms with Crippen LogP contribution in [0, 0.1) is 0 Å². The summed E-state index contributed by atoms with van der Waals surface area (Å²) in [4.78, 5) is 13.5. The number of benzene rings is 1. The zero-order valence-electron chi connectivity index (χ0n) is 9.66. The van der Waals surface area contributed by atoms with E-state index in [0.717, 1.165) is 17.8 Å². The lowest BCUT2D eigenvalue weighted by Gasteiger charge is -2.14. The van der Waals surface area contributed by atoms with E-state index in [1.165, 1.54) is 0 Å². The molecule has 4 heteroatoms. The first-order valence-electron chi connectivity index (χ1n) is 5.22. The van der Waals surface area contributed by atoms with Crippen molar-refractivity contribution in [2.45, 2.75) is 13.0 Å². The first-order valence-corrected chi connectivity index (χ1v) is 5.75. The zero-order chi connectivity index (χ0) is 12.0. The van der Waals surface area contributed by atoms with E-state index in [0.29, 0.717) is 12.3 Å². The molecule has 1 aromatic carbocycles. The molecule has 0 radical (unpaired) electrons. The zero-order valence-corrected chi connectivity index (χ0v) is 10.4. The van der Waals surface area contributed by atoms with Crippen LogP contribution >= 0.6 is 11.6 Å². The maximum Gasteiger partial charge on any atom is 0.225 e. The number of hydrogen-bond acceptors (Lipinski definition) is 2. The maximum absolute atomic E-state index is 11.4. The first-order chi connectivity index (χ1) is 7.63. The Balaban J connectivity index is 2.74. The Kier molecular flexibility index (Phi) is 5.29. The lowest BCUT2D eigenvalue weighted by Crippen LogP contribution is -2.16. The number of anilines is 1. The molecule has 0 aromatic heterocycles. The van der Waals surface area contributed by atoms with Gasteiger partial charge < -0.3 is 10.2 Å². The van der Waals surface area contributed by atoms with Gasteiger partial charge in [0.15, 0.2) is 0 Å². The molecule has 0 bridgehead atoms. The van der Waals surface area contributed by atoms with Crippen LogP contribution in [0.2, 0.25) is 0 Å². The third kappa shape index (κ3) is 4.21. The minimum absolute atomic E-state index is 0.0405. The van der Waals surface area contributed by atoms with E-state index in [9.17, 15) is 4.79 Å². The third-order valence-electron chi connectivity index (χ3n) is 2.10. The predicted molar refractivity (Wildman–Crippen MR) is 67.8 cm³/mol. The van der Waals surface area contributed by atoms with Crippen LogP contribution in [0.25, 0.3) is 0 Å². The molecule has 0 heterocycles. The molecule has 16 heavy (non-hydrogen) atoms. The van der Waals surface area contributed by atoms with Crippen molar-refractivity contribution in [3.8, 4) is 0 Å². The molecule has 1 N–H and O–H groups in total. The summed E-state index contributed by atoms with van der Waals surface area (Å²) in [7, 11) is 3.99. The molecule has 0 aliphatic heterocycles. The molecule has 0 atom stereocenters. The first kappa shape index (κ1) is 13.0. The Bertz CT molecular complexity index is 353. The number of rotatable bonds is 5. The second-order valence-electron chi connectivity index (χ2n) is 3.88. The van der Waals surface area contributed by atoms with E-state index in [-0.39, 0.29) is 5.91 Å². The number of para-hydroxylation sites is 1. The van der Waals surface area contributed by atoms with Crippen LogP contribution in [0.5, 0.6) is 0 Å². The summed E-state index contributed by atoms with van der Waals surface area (Å²) in [5, 5.41) is 2.87. The van der Waals surface area contributed by atoms with Crippen molar-refractivity contribution < 1.29 is 4.79 Å².